The number of hydrogen-bond donors (Lipinski definition) is 1. The summed E-state index contributed by atoms with van der Waals surface area (Å²) >= 11 is 0. The van der Waals surface area contributed by atoms with E-state index in [1.54, 1.807) is 0 Å². The normalized spacial score (nSPS) is 24.8. The van der Waals surface area contributed by atoms with Crippen LogP contribution in [0.15, 0.2) is 18.2 Å². The molecule has 0 spiro atoms. The number of rotatable bonds is 2. The van der Waals surface area contributed by atoms with Crippen LogP contribution in [-0.2, 0) is 0 Å². The van der Waals surface area contributed by atoms with Gasteiger partial charge in [-0.05, 0) is 36.3 Å². The fourth-order valence-electron chi connectivity index (χ4n) is 3.22. The quantitative estimate of drug-likeness (QED) is 0.840. The fraction of sp³-hybridized carbons (Fsp3) is 0.600. The maximum Gasteiger partial charge on any atom is 0.130 e. The second-order valence-corrected chi connectivity index (χ2v) is 6.00. The van der Waals surface area contributed by atoms with Gasteiger partial charge >= 0.3 is 0 Å². The van der Waals surface area contributed by atoms with Crippen LogP contribution in [0.1, 0.15) is 51.1 Å². The van der Waals surface area contributed by atoms with E-state index in [4.69, 9.17) is 5.73 Å². The molecule has 0 aromatic heterocycles. The Morgan fingerprint density at radius 1 is 1.22 bits per heavy atom. The lowest BCUT2D eigenvalue weighted by molar-refractivity contribution is 0.110. The molecule has 0 saturated heterocycles. The lowest BCUT2D eigenvalue weighted by Crippen LogP contribution is -2.37. The van der Waals surface area contributed by atoms with E-state index in [9.17, 15) is 8.78 Å². The molecule has 0 bridgehead atoms. The molecule has 1 aromatic rings. The van der Waals surface area contributed by atoms with E-state index in [-0.39, 0.29) is 16.9 Å². The summed E-state index contributed by atoms with van der Waals surface area (Å²) in [6.07, 6.45) is 4.29. The third-order valence-corrected chi connectivity index (χ3v) is 4.36. The molecule has 18 heavy (non-hydrogen) atoms. The minimum Gasteiger partial charge on any atom is -0.324 e. The van der Waals surface area contributed by atoms with Crippen LogP contribution in [0.4, 0.5) is 8.78 Å². The summed E-state index contributed by atoms with van der Waals surface area (Å²) in [6, 6.07) is 3.40. The van der Waals surface area contributed by atoms with Gasteiger partial charge in [0.2, 0.25) is 0 Å². The van der Waals surface area contributed by atoms with Crippen LogP contribution in [-0.4, -0.2) is 0 Å². The van der Waals surface area contributed by atoms with Crippen LogP contribution in [0.25, 0.3) is 0 Å². The summed E-state index contributed by atoms with van der Waals surface area (Å²) in [6.45, 7) is 4.30. The number of benzene rings is 1. The lowest BCUT2D eigenvalue weighted by Gasteiger charge is -2.42. The zero-order chi connectivity index (χ0) is 13.3. The summed E-state index contributed by atoms with van der Waals surface area (Å²) in [5.74, 6) is -0.912. The first-order chi connectivity index (χ1) is 8.43. The largest absolute Gasteiger partial charge is 0.324 e. The summed E-state index contributed by atoms with van der Waals surface area (Å²) in [5.41, 5.74) is 6.27. The molecular formula is C15H21F2N. The Morgan fingerprint density at radius 3 is 2.39 bits per heavy atom. The molecule has 3 heteroatoms. The van der Waals surface area contributed by atoms with Crippen molar-refractivity contribution in [2.75, 3.05) is 0 Å². The minimum absolute atomic E-state index is 0.0480. The Kier molecular flexibility index (Phi) is 3.71. The molecule has 0 heterocycles. The standard InChI is InChI=1S/C15H21F2N/c1-15(2)9-4-3-6-10(15)14(18)13-11(16)7-5-8-12(13)17/h5,7-8,10,14H,3-4,6,9,18H2,1-2H3. The Hall–Kier alpha value is -0.960. The zero-order valence-electron chi connectivity index (χ0n) is 11.0. The van der Waals surface area contributed by atoms with Crippen LogP contribution in [0.3, 0.4) is 0 Å². The molecule has 1 aliphatic carbocycles. The molecule has 0 amide bonds. The van der Waals surface area contributed by atoms with E-state index in [0.717, 1.165) is 19.3 Å². The molecule has 2 unspecified atom stereocenters. The van der Waals surface area contributed by atoms with Gasteiger partial charge in [-0.25, -0.2) is 8.78 Å². The molecule has 1 aliphatic rings. The van der Waals surface area contributed by atoms with Crippen LogP contribution >= 0.6 is 0 Å². The topological polar surface area (TPSA) is 26.0 Å². The number of hydrogen-bond acceptors (Lipinski definition) is 1. The second-order valence-electron chi connectivity index (χ2n) is 6.00. The third-order valence-electron chi connectivity index (χ3n) is 4.36. The highest BCUT2D eigenvalue weighted by molar-refractivity contribution is 5.24. The number of nitrogens with two attached hydrogens (primary N) is 1. The molecule has 1 saturated carbocycles. The van der Waals surface area contributed by atoms with Gasteiger partial charge in [0.25, 0.3) is 0 Å². The maximum absolute atomic E-state index is 13.8. The zero-order valence-corrected chi connectivity index (χ0v) is 11.0. The van der Waals surface area contributed by atoms with Crippen molar-refractivity contribution in [1.29, 1.82) is 0 Å². The van der Waals surface area contributed by atoms with E-state index < -0.39 is 17.7 Å². The van der Waals surface area contributed by atoms with Crippen molar-refractivity contribution in [2.45, 2.75) is 45.6 Å². The Balaban J connectivity index is 2.33. The maximum atomic E-state index is 13.8. The third kappa shape index (κ3) is 2.41. The van der Waals surface area contributed by atoms with Gasteiger partial charge in [-0.15, -0.1) is 0 Å². The van der Waals surface area contributed by atoms with E-state index in [1.165, 1.54) is 24.6 Å². The van der Waals surface area contributed by atoms with Crippen molar-refractivity contribution < 1.29 is 8.78 Å². The van der Waals surface area contributed by atoms with Crippen molar-refractivity contribution >= 4 is 0 Å². The van der Waals surface area contributed by atoms with Crippen molar-refractivity contribution in [3.8, 4) is 0 Å². The average Bonchev–Trinajstić information content (AvgIpc) is 2.27. The molecule has 0 radical (unpaired) electrons. The molecule has 1 fully saturated rings. The molecule has 2 atom stereocenters. The van der Waals surface area contributed by atoms with Gasteiger partial charge in [0.05, 0.1) is 0 Å². The Morgan fingerprint density at radius 2 is 1.83 bits per heavy atom. The van der Waals surface area contributed by atoms with Crippen LogP contribution in [0.2, 0.25) is 0 Å². The van der Waals surface area contributed by atoms with Gasteiger partial charge in [-0.3, -0.25) is 0 Å². The molecule has 0 aliphatic heterocycles. The van der Waals surface area contributed by atoms with Gasteiger partial charge in [0.15, 0.2) is 0 Å². The highest BCUT2D eigenvalue weighted by Gasteiger charge is 2.38. The van der Waals surface area contributed by atoms with Crippen molar-refractivity contribution in [2.24, 2.45) is 17.1 Å². The van der Waals surface area contributed by atoms with Gasteiger partial charge in [0, 0.05) is 11.6 Å². The second kappa shape index (κ2) is 4.96. The molecule has 2 N–H and O–H groups in total. The van der Waals surface area contributed by atoms with E-state index in [2.05, 4.69) is 13.8 Å². The van der Waals surface area contributed by atoms with E-state index in [0.29, 0.717) is 0 Å². The van der Waals surface area contributed by atoms with E-state index in [1.807, 2.05) is 0 Å². The summed E-state index contributed by atoms with van der Waals surface area (Å²) in [7, 11) is 0. The van der Waals surface area contributed by atoms with Gasteiger partial charge in [-0.2, -0.15) is 0 Å². The Labute approximate surface area is 107 Å². The smallest absolute Gasteiger partial charge is 0.130 e. The molecule has 1 nitrogen and oxygen atoms in total. The van der Waals surface area contributed by atoms with Gasteiger partial charge in [0.1, 0.15) is 11.6 Å². The molecule has 1 aromatic carbocycles. The monoisotopic (exact) mass is 253 g/mol. The van der Waals surface area contributed by atoms with Crippen LogP contribution < -0.4 is 5.73 Å². The molecular weight excluding hydrogens is 232 g/mol. The first-order valence-corrected chi connectivity index (χ1v) is 6.63. The molecule has 100 valence electrons. The predicted molar refractivity (Wildman–Crippen MR) is 69.0 cm³/mol. The van der Waals surface area contributed by atoms with Crippen LogP contribution in [0.5, 0.6) is 0 Å². The highest BCUT2D eigenvalue weighted by Crippen LogP contribution is 2.46. The van der Waals surface area contributed by atoms with Gasteiger partial charge in [-0.1, -0.05) is 32.8 Å². The highest BCUT2D eigenvalue weighted by atomic mass is 19.1. The van der Waals surface area contributed by atoms with Gasteiger partial charge < -0.3 is 5.73 Å². The van der Waals surface area contributed by atoms with Crippen molar-refractivity contribution in [3.63, 3.8) is 0 Å². The fourth-order valence-corrected chi connectivity index (χ4v) is 3.22. The SMILES string of the molecule is CC1(C)CCCCC1C(N)c1c(F)cccc1F. The van der Waals surface area contributed by atoms with E-state index >= 15 is 0 Å². The van der Waals surface area contributed by atoms with Crippen molar-refractivity contribution in [1.82, 2.24) is 0 Å². The summed E-state index contributed by atoms with van der Waals surface area (Å²) in [4.78, 5) is 0. The molecule has 2 rings (SSSR count). The van der Waals surface area contributed by atoms with Crippen LogP contribution in [0, 0.1) is 23.0 Å². The first-order valence-electron chi connectivity index (χ1n) is 6.63. The van der Waals surface area contributed by atoms with Crippen molar-refractivity contribution in [3.05, 3.63) is 35.4 Å². The summed E-state index contributed by atoms with van der Waals surface area (Å²) < 4.78 is 27.6. The summed E-state index contributed by atoms with van der Waals surface area (Å²) in [5, 5.41) is 0. The predicted octanol–water partition coefficient (Wildman–Crippen LogP) is 4.18. The first kappa shape index (κ1) is 13.5. The minimum atomic E-state index is -0.554. The Bertz CT molecular complexity index is 408. The lowest BCUT2D eigenvalue weighted by atomic mass is 9.65. The number of halogens is 2. The average molecular weight is 253 g/mol.